The van der Waals surface area contributed by atoms with Crippen LogP contribution in [0.3, 0.4) is 0 Å². The normalized spacial score (nSPS) is 17.0. The minimum absolute atomic E-state index is 0.00285. The van der Waals surface area contributed by atoms with Crippen LogP contribution in [0.25, 0.3) is 0 Å². The summed E-state index contributed by atoms with van der Waals surface area (Å²) >= 11 is 0. The zero-order chi connectivity index (χ0) is 17.7. The minimum atomic E-state index is -0.429. The van der Waals surface area contributed by atoms with Gasteiger partial charge in [-0.1, -0.05) is 38.0 Å². The van der Waals surface area contributed by atoms with Crippen LogP contribution in [0.15, 0.2) is 48.8 Å². The van der Waals surface area contributed by atoms with Crippen molar-refractivity contribution in [1.82, 2.24) is 10.3 Å². The number of rotatable bonds is 6. The lowest BCUT2D eigenvalue weighted by atomic mass is 9.77. The van der Waals surface area contributed by atoms with E-state index in [2.05, 4.69) is 17.2 Å². The van der Waals surface area contributed by atoms with E-state index in [9.17, 15) is 4.79 Å². The van der Waals surface area contributed by atoms with Crippen LogP contribution in [0, 0.1) is 0 Å². The molecule has 3 rings (SSSR count). The van der Waals surface area contributed by atoms with E-state index in [4.69, 9.17) is 4.74 Å². The molecule has 132 valence electrons. The molecule has 1 aliphatic carbocycles. The number of carbonyl (C=O) groups is 1. The average molecular weight is 338 g/mol. The van der Waals surface area contributed by atoms with E-state index in [1.165, 1.54) is 0 Å². The van der Waals surface area contributed by atoms with Gasteiger partial charge in [-0.15, -0.1) is 0 Å². The van der Waals surface area contributed by atoms with Gasteiger partial charge in [0.1, 0.15) is 5.75 Å². The highest BCUT2D eigenvalue weighted by Gasteiger charge is 2.43. The molecule has 0 spiro atoms. The van der Waals surface area contributed by atoms with Crippen LogP contribution in [0.1, 0.15) is 56.2 Å². The fourth-order valence-electron chi connectivity index (χ4n) is 3.84. The third-order valence-corrected chi connectivity index (χ3v) is 5.33. The summed E-state index contributed by atoms with van der Waals surface area (Å²) in [5.41, 5.74) is 1.72. The molecule has 1 amide bonds. The average Bonchev–Trinajstić information content (AvgIpc) is 3.18. The minimum Gasteiger partial charge on any atom is -0.497 e. The van der Waals surface area contributed by atoms with Gasteiger partial charge in [0.25, 0.3) is 0 Å². The van der Waals surface area contributed by atoms with Crippen LogP contribution in [0.2, 0.25) is 0 Å². The van der Waals surface area contributed by atoms with Gasteiger partial charge >= 0.3 is 0 Å². The molecule has 1 atom stereocenters. The van der Waals surface area contributed by atoms with E-state index in [-0.39, 0.29) is 11.9 Å². The second-order valence-electron chi connectivity index (χ2n) is 6.74. The molecule has 25 heavy (non-hydrogen) atoms. The number of aromatic nitrogens is 1. The van der Waals surface area contributed by atoms with Crippen molar-refractivity contribution in [2.75, 3.05) is 7.11 Å². The summed E-state index contributed by atoms with van der Waals surface area (Å²) in [4.78, 5) is 17.5. The van der Waals surface area contributed by atoms with Crippen LogP contribution in [-0.4, -0.2) is 18.0 Å². The van der Waals surface area contributed by atoms with Crippen LogP contribution in [0.5, 0.6) is 5.75 Å². The number of amides is 1. The van der Waals surface area contributed by atoms with Gasteiger partial charge in [-0.2, -0.15) is 0 Å². The van der Waals surface area contributed by atoms with Gasteiger partial charge in [0.15, 0.2) is 0 Å². The molecule has 0 aliphatic heterocycles. The van der Waals surface area contributed by atoms with E-state index >= 15 is 0 Å². The Balaban J connectivity index is 1.85. The Morgan fingerprint density at radius 1 is 1.24 bits per heavy atom. The zero-order valence-corrected chi connectivity index (χ0v) is 15.0. The maximum Gasteiger partial charge on any atom is 0.231 e. The fourth-order valence-corrected chi connectivity index (χ4v) is 3.84. The molecule has 1 aromatic heterocycles. The summed E-state index contributed by atoms with van der Waals surface area (Å²) in [5.74, 6) is 0.949. The first-order valence-corrected chi connectivity index (χ1v) is 9.05. The molecule has 2 aromatic rings. The van der Waals surface area contributed by atoms with Crippen molar-refractivity contribution in [2.24, 2.45) is 0 Å². The number of nitrogens with one attached hydrogen (secondary N) is 1. The molecule has 1 fully saturated rings. The molecule has 1 saturated carbocycles. The monoisotopic (exact) mass is 338 g/mol. The number of ether oxygens (including phenoxy) is 1. The third kappa shape index (κ3) is 3.53. The van der Waals surface area contributed by atoms with Gasteiger partial charge in [-0.3, -0.25) is 9.78 Å². The Hall–Kier alpha value is -2.36. The molecule has 4 heteroatoms. The molecule has 0 bridgehead atoms. The zero-order valence-electron chi connectivity index (χ0n) is 15.0. The molecular weight excluding hydrogens is 312 g/mol. The molecule has 1 N–H and O–H groups in total. The van der Waals surface area contributed by atoms with Crippen molar-refractivity contribution >= 4 is 5.91 Å². The summed E-state index contributed by atoms with van der Waals surface area (Å²) in [6.07, 6.45) is 8.41. The summed E-state index contributed by atoms with van der Waals surface area (Å²) in [7, 11) is 1.66. The van der Waals surface area contributed by atoms with Gasteiger partial charge in [0, 0.05) is 12.4 Å². The third-order valence-electron chi connectivity index (χ3n) is 5.33. The maximum atomic E-state index is 13.3. The van der Waals surface area contributed by atoms with Crippen LogP contribution < -0.4 is 10.1 Å². The topological polar surface area (TPSA) is 51.2 Å². The summed E-state index contributed by atoms with van der Waals surface area (Å²) in [5, 5.41) is 3.28. The Bertz CT molecular complexity index is 692. The van der Waals surface area contributed by atoms with Gasteiger partial charge in [-0.25, -0.2) is 0 Å². The highest BCUT2D eigenvalue weighted by Crippen LogP contribution is 2.42. The molecule has 1 heterocycles. The van der Waals surface area contributed by atoms with E-state index in [1.54, 1.807) is 13.3 Å². The lowest BCUT2D eigenvalue weighted by molar-refractivity contribution is -0.127. The number of benzene rings is 1. The molecule has 4 nitrogen and oxygen atoms in total. The van der Waals surface area contributed by atoms with E-state index in [0.29, 0.717) is 0 Å². The van der Waals surface area contributed by atoms with Crippen LogP contribution in [-0.2, 0) is 10.2 Å². The standard InChI is InChI=1S/C21H26N2O2/c1-3-19(16-7-6-14-22-15-16)23-20(24)21(12-4-5-13-21)17-8-10-18(25-2)11-9-17/h6-11,14-15,19H,3-5,12-13H2,1-2H3,(H,23,24)/t19-/m0/s1. The number of nitrogens with zero attached hydrogens (tertiary/aromatic N) is 1. The Morgan fingerprint density at radius 3 is 2.52 bits per heavy atom. The lowest BCUT2D eigenvalue weighted by Gasteiger charge is -2.31. The van der Waals surface area contributed by atoms with Crippen LogP contribution >= 0.6 is 0 Å². The highest BCUT2D eigenvalue weighted by molar-refractivity contribution is 5.89. The summed E-state index contributed by atoms with van der Waals surface area (Å²) in [6, 6.07) is 11.9. The number of hydrogen-bond donors (Lipinski definition) is 1. The molecule has 1 aromatic carbocycles. The van der Waals surface area contributed by atoms with Gasteiger partial charge in [0.2, 0.25) is 5.91 Å². The second-order valence-corrected chi connectivity index (χ2v) is 6.74. The molecule has 0 unspecified atom stereocenters. The molecule has 0 radical (unpaired) electrons. The quantitative estimate of drug-likeness (QED) is 0.860. The number of carbonyl (C=O) groups excluding carboxylic acids is 1. The van der Waals surface area contributed by atoms with E-state index in [0.717, 1.165) is 49.0 Å². The lowest BCUT2D eigenvalue weighted by Crippen LogP contribution is -2.44. The van der Waals surface area contributed by atoms with Gasteiger partial charge in [0.05, 0.1) is 18.6 Å². The SMILES string of the molecule is CC[C@H](NC(=O)C1(c2ccc(OC)cc2)CCCC1)c1cccnc1. The van der Waals surface area contributed by atoms with Gasteiger partial charge in [-0.05, 0) is 48.6 Å². The van der Waals surface area contributed by atoms with Crippen molar-refractivity contribution in [3.63, 3.8) is 0 Å². The van der Waals surface area contributed by atoms with Gasteiger partial charge < -0.3 is 10.1 Å². The largest absolute Gasteiger partial charge is 0.497 e. The number of methoxy groups -OCH3 is 1. The molecular formula is C21H26N2O2. The number of hydrogen-bond acceptors (Lipinski definition) is 3. The summed E-state index contributed by atoms with van der Waals surface area (Å²) < 4.78 is 5.26. The highest BCUT2D eigenvalue weighted by atomic mass is 16.5. The van der Waals surface area contributed by atoms with Crippen molar-refractivity contribution in [2.45, 2.75) is 50.5 Å². The first-order valence-electron chi connectivity index (χ1n) is 9.05. The van der Waals surface area contributed by atoms with Crippen molar-refractivity contribution in [3.05, 3.63) is 59.9 Å². The Kier molecular flexibility index (Phi) is 5.37. The van der Waals surface area contributed by atoms with Crippen molar-refractivity contribution in [3.8, 4) is 5.75 Å². The smallest absolute Gasteiger partial charge is 0.231 e. The maximum absolute atomic E-state index is 13.3. The molecule has 0 saturated heterocycles. The fraction of sp³-hybridized carbons (Fsp3) is 0.429. The van der Waals surface area contributed by atoms with E-state index < -0.39 is 5.41 Å². The number of pyridine rings is 1. The predicted octanol–water partition coefficient (Wildman–Crippen LogP) is 4.17. The summed E-state index contributed by atoms with van der Waals surface area (Å²) in [6.45, 7) is 2.09. The second kappa shape index (κ2) is 7.68. The Morgan fingerprint density at radius 2 is 1.96 bits per heavy atom. The van der Waals surface area contributed by atoms with Crippen LogP contribution in [0.4, 0.5) is 0 Å². The predicted molar refractivity (Wildman–Crippen MR) is 98.6 cm³/mol. The van der Waals surface area contributed by atoms with E-state index in [1.807, 2.05) is 42.6 Å². The first kappa shape index (κ1) is 17.5. The molecule has 1 aliphatic rings. The van der Waals surface area contributed by atoms with Crippen molar-refractivity contribution in [1.29, 1.82) is 0 Å². The first-order chi connectivity index (χ1) is 12.2. The Labute approximate surface area is 149 Å². The van der Waals surface area contributed by atoms with Crippen molar-refractivity contribution < 1.29 is 9.53 Å².